The van der Waals surface area contributed by atoms with Gasteiger partial charge in [0.2, 0.25) is 5.95 Å². The van der Waals surface area contributed by atoms with Gasteiger partial charge in [0.25, 0.3) is 5.91 Å². The number of carbonyl (C=O) groups excluding carboxylic acids is 1. The van der Waals surface area contributed by atoms with Crippen LogP contribution in [0.4, 0.5) is 14.7 Å². The lowest BCUT2D eigenvalue weighted by atomic mass is 9.83. The highest BCUT2D eigenvalue weighted by Crippen LogP contribution is 2.34. The summed E-state index contributed by atoms with van der Waals surface area (Å²) in [6.07, 6.45) is 6.05. The van der Waals surface area contributed by atoms with E-state index in [4.69, 9.17) is 4.74 Å². The van der Waals surface area contributed by atoms with Crippen molar-refractivity contribution in [3.05, 3.63) is 28.8 Å². The van der Waals surface area contributed by atoms with Crippen molar-refractivity contribution in [1.82, 2.24) is 14.3 Å². The first-order valence-corrected chi connectivity index (χ1v) is 14.4. The SMILES string of the molecule is CN(C)c1nsc(CCC2CCC(N3CC[C@H](Oc4cc(F)c(S(C)(=O)=O)cc4F)C3=O)CC2)n1. The van der Waals surface area contributed by atoms with Crippen LogP contribution in [0.2, 0.25) is 0 Å². The lowest BCUT2D eigenvalue weighted by Gasteiger charge is -2.34. The summed E-state index contributed by atoms with van der Waals surface area (Å²) >= 11 is 1.44. The highest BCUT2D eigenvalue weighted by atomic mass is 32.2. The molecule has 1 saturated carbocycles. The maximum Gasteiger partial charge on any atom is 0.263 e. The fraction of sp³-hybridized carbons (Fsp3) is 0.609. The molecule has 8 nitrogen and oxygen atoms in total. The van der Waals surface area contributed by atoms with Gasteiger partial charge in [-0.1, -0.05) is 0 Å². The van der Waals surface area contributed by atoms with Gasteiger partial charge in [0.15, 0.2) is 27.5 Å². The number of aromatic nitrogens is 2. The molecule has 2 fully saturated rings. The van der Waals surface area contributed by atoms with Crippen LogP contribution in [-0.4, -0.2) is 67.6 Å². The minimum absolute atomic E-state index is 0.114. The average Bonchev–Trinajstić information content (AvgIpc) is 3.42. The quantitative estimate of drug-likeness (QED) is 0.518. The van der Waals surface area contributed by atoms with Crippen LogP contribution < -0.4 is 9.64 Å². The fourth-order valence-electron chi connectivity index (χ4n) is 4.79. The number of amides is 1. The molecule has 1 atom stereocenters. The highest BCUT2D eigenvalue weighted by molar-refractivity contribution is 7.90. The second-order valence-corrected chi connectivity index (χ2v) is 12.3. The van der Waals surface area contributed by atoms with E-state index in [2.05, 4.69) is 9.36 Å². The van der Waals surface area contributed by atoms with Crippen LogP contribution in [0.3, 0.4) is 0 Å². The van der Waals surface area contributed by atoms with Crippen molar-refractivity contribution in [2.45, 2.75) is 62.0 Å². The number of benzene rings is 1. The van der Waals surface area contributed by atoms with Crippen LogP contribution in [0.25, 0.3) is 0 Å². The molecule has 1 amide bonds. The zero-order valence-corrected chi connectivity index (χ0v) is 21.7. The van der Waals surface area contributed by atoms with E-state index >= 15 is 0 Å². The standard InChI is InChI=1S/C23H30F2N4O4S2/c1-28(2)23-26-21(34-27-23)9-6-14-4-7-15(8-5-14)29-11-10-18(22(29)30)33-19-12-17(25)20(13-16(19)24)35(3,31)32/h12-15,18H,4-11H2,1-3H3/t14?,15?,18-/m0/s1. The van der Waals surface area contributed by atoms with Gasteiger partial charge in [-0.2, -0.15) is 4.37 Å². The molecular formula is C23H30F2N4O4S2. The summed E-state index contributed by atoms with van der Waals surface area (Å²) in [6, 6.07) is 1.41. The molecule has 35 heavy (non-hydrogen) atoms. The van der Waals surface area contributed by atoms with Crippen LogP contribution in [0.15, 0.2) is 17.0 Å². The number of likely N-dealkylation sites (tertiary alicyclic amines) is 1. The molecule has 1 aromatic heterocycles. The number of hydrogen-bond acceptors (Lipinski definition) is 8. The number of rotatable bonds is 8. The third-order valence-corrected chi connectivity index (χ3v) is 8.60. The van der Waals surface area contributed by atoms with Gasteiger partial charge in [-0.05, 0) is 55.6 Å². The molecule has 0 N–H and O–H groups in total. The number of ether oxygens (including phenoxy) is 1. The summed E-state index contributed by atoms with van der Waals surface area (Å²) in [5.41, 5.74) is 0. The maximum atomic E-state index is 14.4. The van der Waals surface area contributed by atoms with Crippen molar-refractivity contribution in [2.24, 2.45) is 5.92 Å². The second-order valence-electron chi connectivity index (χ2n) is 9.51. The lowest BCUT2D eigenvalue weighted by molar-refractivity contribution is -0.136. The Kier molecular flexibility index (Phi) is 7.60. The van der Waals surface area contributed by atoms with E-state index in [0.29, 0.717) is 31.0 Å². The molecule has 0 radical (unpaired) electrons. The first kappa shape index (κ1) is 25.7. The van der Waals surface area contributed by atoms with Gasteiger partial charge in [-0.25, -0.2) is 22.2 Å². The molecule has 1 aliphatic carbocycles. The van der Waals surface area contributed by atoms with Crippen molar-refractivity contribution in [3.8, 4) is 5.75 Å². The van der Waals surface area contributed by atoms with Gasteiger partial charge < -0.3 is 14.5 Å². The normalized spacial score (nSPS) is 23.1. The Morgan fingerprint density at radius 2 is 1.86 bits per heavy atom. The van der Waals surface area contributed by atoms with Crippen LogP contribution in [0, 0.1) is 17.6 Å². The van der Waals surface area contributed by atoms with E-state index in [-0.39, 0.29) is 11.9 Å². The molecule has 0 spiro atoms. The Labute approximate surface area is 208 Å². The minimum Gasteiger partial charge on any atom is -0.477 e. The van der Waals surface area contributed by atoms with E-state index in [1.807, 2.05) is 19.0 Å². The van der Waals surface area contributed by atoms with Crippen molar-refractivity contribution in [2.75, 3.05) is 31.8 Å². The molecule has 12 heteroatoms. The Hall–Kier alpha value is -2.34. The monoisotopic (exact) mass is 528 g/mol. The largest absolute Gasteiger partial charge is 0.477 e. The number of nitrogens with zero attached hydrogens (tertiary/aromatic N) is 4. The van der Waals surface area contributed by atoms with Crippen molar-refractivity contribution in [1.29, 1.82) is 0 Å². The van der Waals surface area contributed by atoms with Gasteiger partial charge in [0.05, 0.1) is 0 Å². The third kappa shape index (κ3) is 5.91. The van der Waals surface area contributed by atoms with Crippen LogP contribution in [0.1, 0.15) is 43.5 Å². The lowest BCUT2D eigenvalue weighted by Crippen LogP contribution is -2.42. The van der Waals surface area contributed by atoms with Gasteiger partial charge in [0.1, 0.15) is 15.7 Å². The number of hydrogen-bond donors (Lipinski definition) is 0. The summed E-state index contributed by atoms with van der Waals surface area (Å²) in [7, 11) is -0.0700. The molecule has 2 aliphatic rings. The van der Waals surface area contributed by atoms with E-state index in [1.165, 1.54) is 11.5 Å². The van der Waals surface area contributed by atoms with Crippen LogP contribution in [0.5, 0.6) is 5.75 Å². The first-order valence-electron chi connectivity index (χ1n) is 11.7. The topological polar surface area (TPSA) is 92.7 Å². The smallest absolute Gasteiger partial charge is 0.263 e. The van der Waals surface area contributed by atoms with E-state index in [0.717, 1.165) is 55.7 Å². The van der Waals surface area contributed by atoms with E-state index < -0.39 is 38.2 Å². The van der Waals surface area contributed by atoms with Crippen LogP contribution >= 0.6 is 11.5 Å². The summed E-state index contributed by atoms with van der Waals surface area (Å²) < 4.78 is 61.6. The number of sulfone groups is 1. The fourth-order valence-corrected chi connectivity index (χ4v) is 6.24. The molecule has 2 aromatic rings. The molecule has 2 heterocycles. The molecule has 0 bridgehead atoms. The Morgan fingerprint density at radius 1 is 1.14 bits per heavy atom. The number of anilines is 1. The summed E-state index contributed by atoms with van der Waals surface area (Å²) in [5.74, 6) is -1.47. The Morgan fingerprint density at radius 3 is 2.49 bits per heavy atom. The maximum absolute atomic E-state index is 14.4. The Balaban J connectivity index is 1.29. The summed E-state index contributed by atoms with van der Waals surface area (Å²) in [5, 5.41) is 1.04. The summed E-state index contributed by atoms with van der Waals surface area (Å²) in [4.78, 5) is 20.5. The van der Waals surface area contributed by atoms with Gasteiger partial charge in [-0.15, -0.1) is 0 Å². The average molecular weight is 529 g/mol. The zero-order chi connectivity index (χ0) is 25.3. The van der Waals surface area contributed by atoms with Crippen molar-refractivity contribution < 1.29 is 26.7 Å². The van der Waals surface area contributed by atoms with Crippen molar-refractivity contribution >= 4 is 33.2 Å². The molecule has 192 valence electrons. The number of carbonyl (C=O) groups is 1. The molecule has 1 aromatic carbocycles. The molecular weight excluding hydrogens is 498 g/mol. The molecule has 1 saturated heterocycles. The minimum atomic E-state index is -3.91. The van der Waals surface area contributed by atoms with Gasteiger partial charge in [-0.3, -0.25) is 4.79 Å². The van der Waals surface area contributed by atoms with E-state index in [1.54, 1.807) is 4.90 Å². The molecule has 0 unspecified atom stereocenters. The predicted molar refractivity (Wildman–Crippen MR) is 129 cm³/mol. The van der Waals surface area contributed by atoms with E-state index in [9.17, 15) is 22.0 Å². The second kappa shape index (κ2) is 10.3. The molecule has 1 aliphatic heterocycles. The third-order valence-electron chi connectivity index (χ3n) is 6.73. The Bertz CT molecular complexity index is 1180. The molecule has 4 rings (SSSR count). The van der Waals surface area contributed by atoms with Gasteiger partial charge >= 0.3 is 0 Å². The first-order chi connectivity index (χ1) is 16.5. The van der Waals surface area contributed by atoms with Crippen LogP contribution in [-0.2, 0) is 21.1 Å². The predicted octanol–water partition coefficient (Wildman–Crippen LogP) is 3.46. The summed E-state index contributed by atoms with van der Waals surface area (Å²) in [6.45, 7) is 0.502. The van der Waals surface area contributed by atoms with Crippen molar-refractivity contribution in [3.63, 3.8) is 0 Å². The highest BCUT2D eigenvalue weighted by Gasteiger charge is 2.39. The zero-order valence-electron chi connectivity index (χ0n) is 20.0. The number of aryl methyl sites for hydroxylation is 1. The van der Waals surface area contributed by atoms with Gasteiger partial charge in [0, 0.05) is 51.8 Å². The number of halogens is 2.